The Hall–Kier alpha value is -2.28. The van der Waals surface area contributed by atoms with E-state index in [1.165, 1.54) is 7.11 Å². The van der Waals surface area contributed by atoms with Gasteiger partial charge in [-0.05, 0) is 38.1 Å². The monoisotopic (exact) mass is 336 g/mol. The highest BCUT2D eigenvalue weighted by molar-refractivity contribution is 5.93. The molecule has 1 aromatic rings. The number of esters is 1. The molecular weight excluding hydrogens is 312 g/mol. The number of methoxy groups -OCH3 is 3. The van der Waals surface area contributed by atoms with Crippen LogP contribution in [0.15, 0.2) is 18.2 Å². The average Bonchev–Trinajstić information content (AvgIpc) is 2.61. The molecule has 0 unspecified atom stereocenters. The van der Waals surface area contributed by atoms with E-state index in [9.17, 15) is 9.59 Å². The van der Waals surface area contributed by atoms with Crippen molar-refractivity contribution in [2.45, 2.75) is 12.8 Å². The number of likely N-dealkylation sites (tertiary alicyclic amines) is 1. The molecule has 2 rings (SSSR count). The van der Waals surface area contributed by atoms with Crippen molar-refractivity contribution in [2.75, 3.05) is 46.3 Å². The number of carbonyl (C=O) groups excluding carboxylic acids is 2. The van der Waals surface area contributed by atoms with E-state index in [1.807, 2.05) is 4.90 Å². The molecule has 1 fully saturated rings. The number of benzene rings is 1. The van der Waals surface area contributed by atoms with E-state index >= 15 is 0 Å². The number of amides is 1. The van der Waals surface area contributed by atoms with Crippen LogP contribution in [0.5, 0.6) is 11.5 Å². The van der Waals surface area contributed by atoms with Gasteiger partial charge in [0.15, 0.2) is 0 Å². The van der Waals surface area contributed by atoms with Crippen LogP contribution in [0.4, 0.5) is 5.69 Å². The van der Waals surface area contributed by atoms with Crippen molar-refractivity contribution in [1.29, 1.82) is 0 Å². The Bertz CT molecular complexity index is 582. The summed E-state index contributed by atoms with van der Waals surface area (Å²) in [6.45, 7) is 1.68. The summed E-state index contributed by atoms with van der Waals surface area (Å²) in [5.41, 5.74) is 0.604. The van der Waals surface area contributed by atoms with Gasteiger partial charge in [-0.15, -0.1) is 0 Å². The van der Waals surface area contributed by atoms with Crippen LogP contribution >= 0.6 is 0 Å². The number of ether oxygens (including phenoxy) is 3. The number of nitrogens with zero attached hydrogens (tertiary/aromatic N) is 1. The van der Waals surface area contributed by atoms with Crippen LogP contribution in [-0.2, 0) is 14.3 Å². The third kappa shape index (κ3) is 4.61. The Labute approximate surface area is 141 Å². The lowest BCUT2D eigenvalue weighted by Gasteiger charge is -2.30. The van der Waals surface area contributed by atoms with Gasteiger partial charge in [-0.1, -0.05) is 0 Å². The second kappa shape index (κ2) is 8.54. The van der Waals surface area contributed by atoms with Crippen LogP contribution in [0.2, 0.25) is 0 Å². The van der Waals surface area contributed by atoms with Crippen molar-refractivity contribution < 1.29 is 23.8 Å². The summed E-state index contributed by atoms with van der Waals surface area (Å²) in [7, 11) is 4.53. The summed E-state index contributed by atoms with van der Waals surface area (Å²) in [6, 6.07) is 5.23. The van der Waals surface area contributed by atoms with Gasteiger partial charge < -0.3 is 19.5 Å². The molecule has 7 nitrogen and oxygen atoms in total. The molecule has 1 saturated heterocycles. The van der Waals surface area contributed by atoms with Crippen molar-refractivity contribution in [2.24, 2.45) is 5.92 Å². The van der Waals surface area contributed by atoms with E-state index in [2.05, 4.69) is 5.32 Å². The van der Waals surface area contributed by atoms with Gasteiger partial charge >= 0.3 is 5.97 Å². The van der Waals surface area contributed by atoms with Crippen LogP contribution in [0.1, 0.15) is 12.8 Å². The minimum absolute atomic E-state index is 0.0593. The van der Waals surface area contributed by atoms with Crippen molar-refractivity contribution in [3.63, 3.8) is 0 Å². The highest BCUT2D eigenvalue weighted by Crippen LogP contribution is 2.29. The van der Waals surface area contributed by atoms with Crippen molar-refractivity contribution in [1.82, 2.24) is 4.90 Å². The third-order valence-electron chi connectivity index (χ3n) is 4.17. The summed E-state index contributed by atoms with van der Waals surface area (Å²) < 4.78 is 15.2. The number of piperidine rings is 1. The van der Waals surface area contributed by atoms with Crippen LogP contribution in [0.3, 0.4) is 0 Å². The molecule has 0 aromatic heterocycles. The molecule has 24 heavy (non-hydrogen) atoms. The van der Waals surface area contributed by atoms with Crippen LogP contribution in [0.25, 0.3) is 0 Å². The van der Waals surface area contributed by atoms with Gasteiger partial charge in [0.25, 0.3) is 0 Å². The Morgan fingerprint density at radius 1 is 1.17 bits per heavy atom. The predicted molar refractivity (Wildman–Crippen MR) is 89.4 cm³/mol. The highest BCUT2D eigenvalue weighted by Gasteiger charge is 2.26. The van der Waals surface area contributed by atoms with E-state index < -0.39 is 0 Å². The first-order valence-electron chi connectivity index (χ1n) is 7.89. The standard InChI is InChI=1S/C17H24N2O5/c1-22-13-4-5-14(15(10-13)23-2)18-16(20)11-19-8-6-12(7-9-19)17(21)24-3/h4-5,10,12H,6-9,11H2,1-3H3,(H,18,20). The molecule has 132 valence electrons. The minimum atomic E-state index is -0.165. The molecule has 0 spiro atoms. The van der Waals surface area contributed by atoms with Gasteiger partial charge in [0.05, 0.1) is 39.5 Å². The predicted octanol–water partition coefficient (Wildman–Crippen LogP) is 1.53. The molecule has 1 N–H and O–H groups in total. The number of carbonyl (C=O) groups is 2. The molecule has 1 amide bonds. The average molecular weight is 336 g/mol. The van der Waals surface area contributed by atoms with Crippen LogP contribution in [-0.4, -0.2) is 57.7 Å². The van der Waals surface area contributed by atoms with E-state index in [0.717, 1.165) is 0 Å². The molecule has 0 saturated carbocycles. The summed E-state index contributed by atoms with van der Waals surface area (Å²) in [5.74, 6) is 0.870. The second-order valence-corrected chi connectivity index (χ2v) is 5.69. The molecule has 0 atom stereocenters. The van der Waals surface area contributed by atoms with Crippen molar-refractivity contribution in [3.8, 4) is 11.5 Å². The highest BCUT2D eigenvalue weighted by atomic mass is 16.5. The zero-order valence-corrected chi connectivity index (χ0v) is 14.3. The van der Waals surface area contributed by atoms with Crippen LogP contribution < -0.4 is 14.8 Å². The number of nitrogens with one attached hydrogen (secondary N) is 1. The number of hydrogen-bond donors (Lipinski definition) is 1. The summed E-state index contributed by atoms with van der Waals surface area (Å²) in [6.07, 6.45) is 1.43. The molecule has 7 heteroatoms. The summed E-state index contributed by atoms with van der Waals surface area (Å²) >= 11 is 0. The van der Waals surface area contributed by atoms with E-state index in [4.69, 9.17) is 14.2 Å². The van der Waals surface area contributed by atoms with Crippen molar-refractivity contribution >= 4 is 17.6 Å². The van der Waals surface area contributed by atoms with E-state index in [-0.39, 0.29) is 24.3 Å². The van der Waals surface area contributed by atoms with Gasteiger partial charge in [-0.3, -0.25) is 14.5 Å². The number of anilines is 1. The molecule has 1 aliphatic heterocycles. The minimum Gasteiger partial charge on any atom is -0.497 e. The van der Waals surface area contributed by atoms with Gasteiger partial charge in [-0.2, -0.15) is 0 Å². The topological polar surface area (TPSA) is 77.1 Å². The fourth-order valence-electron chi connectivity index (χ4n) is 2.79. The normalized spacial score (nSPS) is 15.6. The molecular formula is C17H24N2O5. The Balaban J connectivity index is 1.87. The van der Waals surface area contributed by atoms with Crippen molar-refractivity contribution in [3.05, 3.63) is 18.2 Å². The second-order valence-electron chi connectivity index (χ2n) is 5.69. The number of rotatable bonds is 6. The zero-order chi connectivity index (χ0) is 17.5. The Morgan fingerprint density at radius 2 is 1.88 bits per heavy atom. The number of hydrogen-bond acceptors (Lipinski definition) is 6. The fraction of sp³-hybridized carbons (Fsp3) is 0.529. The third-order valence-corrected chi connectivity index (χ3v) is 4.17. The molecule has 1 aliphatic rings. The van der Waals surface area contributed by atoms with Crippen LogP contribution in [0, 0.1) is 5.92 Å². The first-order chi connectivity index (χ1) is 11.6. The lowest BCUT2D eigenvalue weighted by atomic mass is 9.97. The van der Waals surface area contributed by atoms with E-state index in [0.29, 0.717) is 43.1 Å². The first kappa shape index (κ1) is 18.1. The fourth-order valence-corrected chi connectivity index (χ4v) is 2.79. The van der Waals surface area contributed by atoms with Gasteiger partial charge in [0, 0.05) is 6.07 Å². The maximum absolute atomic E-state index is 12.2. The molecule has 0 radical (unpaired) electrons. The summed E-state index contributed by atoms with van der Waals surface area (Å²) in [5, 5.41) is 2.85. The van der Waals surface area contributed by atoms with Gasteiger partial charge in [-0.25, -0.2) is 0 Å². The van der Waals surface area contributed by atoms with Gasteiger partial charge in [0.1, 0.15) is 11.5 Å². The molecule has 1 aromatic carbocycles. The Morgan fingerprint density at radius 3 is 2.46 bits per heavy atom. The van der Waals surface area contributed by atoms with Gasteiger partial charge in [0.2, 0.25) is 5.91 Å². The first-order valence-corrected chi connectivity index (χ1v) is 7.89. The maximum Gasteiger partial charge on any atom is 0.308 e. The SMILES string of the molecule is COC(=O)C1CCN(CC(=O)Nc2ccc(OC)cc2OC)CC1. The molecule has 0 bridgehead atoms. The quantitative estimate of drug-likeness (QED) is 0.794. The lowest BCUT2D eigenvalue weighted by Crippen LogP contribution is -2.41. The maximum atomic E-state index is 12.2. The smallest absolute Gasteiger partial charge is 0.308 e. The summed E-state index contributed by atoms with van der Waals surface area (Å²) in [4.78, 5) is 25.8. The van der Waals surface area contributed by atoms with E-state index in [1.54, 1.807) is 32.4 Å². The Kier molecular flexibility index (Phi) is 6.43. The lowest BCUT2D eigenvalue weighted by molar-refractivity contribution is -0.147. The zero-order valence-electron chi connectivity index (χ0n) is 14.3. The molecule has 0 aliphatic carbocycles. The largest absolute Gasteiger partial charge is 0.497 e. The molecule has 1 heterocycles.